The predicted molar refractivity (Wildman–Crippen MR) is 88.6 cm³/mol. The lowest BCUT2D eigenvalue weighted by Gasteiger charge is -2.18. The first kappa shape index (κ1) is 15.6. The van der Waals surface area contributed by atoms with Gasteiger partial charge < -0.3 is 9.84 Å². The molecule has 1 N–H and O–H groups in total. The number of carboxylic acid groups (broad SMARTS) is 1. The molecular formula is C19H21NO3. The molecule has 1 heterocycles. The maximum atomic E-state index is 11.7. The Kier molecular flexibility index (Phi) is 4.63. The standard InChI is InChI=1S/C19H21NO3/c1-23-18-10-6-5-9-15(18)16-12-20(13-17(16)19(21)22)11-14-7-3-2-4-8-14/h2-10,16-17H,11-13H2,1H3,(H,21,22)/t16-,17+/m0/s1. The highest BCUT2D eigenvalue weighted by molar-refractivity contribution is 5.72. The number of para-hydroxylation sites is 1. The number of likely N-dealkylation sites (tertiary alicyclic amines) is 1. The quantitative estimate of drug-likeness (QED) is 0.922. The van der Waals surface area contributed by atoms with Gasteiger partial charge in [0, 0.05) is 25.6 Å². The van der Waals surface area contributed by atoms with Crippen molar-refractivity contribution in [1.29, 1.82) is 0 Å². The summed E-state index contributed by atoms with van der Waals surface area (Å²) in [5.41, 5.74) is 2.19. The fourth-order valence-corrected chi connectivity index (χ4v) is 3.39. The zero-order chi connectivity index (χ0) is 16.2. The third kappa shape index (κ3) is 3.37. The number of carbonyl (C=O) groups is 1. The molecule has 0 amide bonds. The largest absolute Gasteiger partial charge is 0.496 e. The molecule has 0 radical (unpaired) electrons. The van der Waals surface area contributed by atoms with Crippen LogP contribution in [0.1, 0.15) is 17.0 Å². The molecule has 4 nitrogen and oxygen atoms in total. The Morgan fingerprint density at radius 3 is 2.52 bits per heavy atom. The van der Waals surface area contributed by atoms with Gasteiger partial charge in [0.25, 0.3) is 0 Å². The van der Waals surface area contributed by atoms with Gasteiger partial charge in [-0.1, -0.05) is 48.5 Å². The van der Waals surface area contributed by atoms with Crippen molar-refractivity contribution in [3.05, 3.63) is 65.7 Å². The number of benzene rings is 2. The molecule has 1 aliphatic rings. The van der Waals surface area contributed by atoms with Gasteiger partial charge in [0.05, 0.1) is 13.0 Å². The van der Waals surface area contributed by atoms with Crippen LogP contribution in [0.3, 0.4) is 0 Å². The van der Waals surface area contributed by atoms with Crippen molar-refractivity contribution in [3.8, 4) is 5.75 Å². The van der Waals surface area contributed by atoms with Gasteiger partial charge >= 0.3 is 5.97 Å². The second-order valence-corrected chi connectivity index (χ2v) is 5.97. The van der Waals surface area contributed by atoms with Crippen LogP contribution in [0.25, 0.3) is 0 Å². The van der Waals surface area contributed by atoms with Gasteiger partial charge in [0.15, 0.2) is 0 Å². The van der Waals surface area contributed by atoms with Crippen molar-refractivity contribution in [1.82, 2.24) is 4.90 Å². The van der Waals surface area contributed by atoms with E-state index in [1.165, 1.54) is 5.56 Å². The summed E-state index contributed by atoms with van der Waals surface area (Å²) in [5.74, 6) is -0.427. The molecule has 1 aliphatic heterocycles. The lowest BCUT2D eigenvalue weighted by atomic mass is 9.88. The summed E-state index contributed by atoms with van der Waals surface area (Å²) in [5, 5.41) is 9.62. The fourth-order valence-electron chi connectivity index (χ4n) is 3.39. The third-order valence-corrected chi connectivity index (χ3v) is 4.50. The van der Waals surface area contributed by atoms with E-state index in [-0.39, 0.29) is 5.92 Å². The van der Waals surface area contributed by atoms with Crippen LogP contribution in [0.5, 0.6) is 5.75 Å². The summed E-state index contributed by atoms with van der Waals surface area (Å²) < 4.78 is 5.43. The zero-order valence-corrected chi connectivity index (χ0v) is 13.2. The van der Waals surface area contributed by atoms with Gasteiger partial charge in [-0.05, 0) is 17.2 Å². The van der Waals surface area contributed by atoms with Gasteiger partial charge in [-0.25, -0.2) is 0 Å². The minimum atomic E-state index is -0.739. The van der Waals surface area contributed by atoms with Crippen LogP contribution in [0.4, 0.5) is 0 Å². The van der Waals surface area contributed by atoms with Gasteiger partial charge in [0.2, 0.25) is 0 Å². The maximum absolute atomic E-state index is 11.7. The molecule has 0 aromatic heterocycles. The first-order valence-corrected chi connectivity index (χ1v) is 7.81. The summed E-state index contributed by atoms with van der Waals surface area (Å²) >= 11 is 0. The van der Waals surface area contributed by atoms with E-state index >= 15 is 0 Å². The molecule has 2 atom stereocenters. The lowest BCUT2D eigenvalue weighted by molar-refractivity contribution is -0.141. The molecular weight excluding hydrogens is 290 g/mol. The van der Waals surface area contributed by atoms with E-state index in [1.54, 1.807) is 7.11 Å². The summed E-state index contributed by atoms with van der Waals surface area (Å²) in [6.07, 6.45) is 0. The van der Waals surface area contributed by atoms with Crippen LogP contribution in [0.15, 0.2) is 54.6 Å². The minimum absolute atomic E-state index is 0.0487. The Balaban J connectivity index is 1.83. The molecule has 1 saturated heterocycles. The SMILES string of the molecule is COc1ccccc1[C@@H]1CN(Cc2ccccc2)C[C@H]1C(=O)O. The summed E-state index contributed by atoms with van der Waals surface area (Å²) in [6, 6.07) is 17.9. The number of methoxy groups -OCH3 is 1. The maximum Gasteiger partial charge on any atom is 0.308 e. The molecule has 120 valence electrons. The van der Waals surface area contributed by atoms with E-state index in [9.17, 15) is 9.90 Å². The molecule has 0 bridgehead atoms. The molecule has 2 aromatic rings. The average molecular weight is 311 g/mol. The molecule has 0 saturated carbocycles. The molecule has 0 aliphatic carbocycles. The van der Waals surface area contributed by atoms with Crippen molar-refractivity contribution in [2.75, 3.05) is 20.2 Å². The van der Waals surface area contributed by atoms with Gasteiger partial charge in [-0.15, -0.1) is 0 Å². The van der Waals surface area contributed by atoms with Crippen LogP contribution in [-0.4, -0.2) is 36.2 Å². The molecule has 3 rings (SSSR count). The van der Waals surface area contributed by atoms with Crippen LogP contribution in [-0.2, 0) is 11.3 Å². The Hall–Kier alpha value is -2.33. The molecule has 2 aromatic carbocycles. The van der Waals surface area contributed by atoms with E-state index in [0.29, 0.717) is 6.54 Å². The van der Waals surface area contributed by atoms with E-state index in [1.807, 2.05) is 42.5 Å². The number of carboxylic acids is 1. The number of hydrogen-bond donors (Lipinski definition) is 1. The molecule has 0 spiro atoms. The Morgan fingerprint density at radius 2 is 1.83 bits per heavy atom. The first-order valence-electron chi connectivity index (χ1n) is 7.81. The Labute approximate surface area is 136 Å². The number of nitrogens with zero attached hydrogens (tertiary/aromatic N) is 1. The van der Waals surface area contributed by atoms with E-state index in [4.69, 9.17) is 4.74 Å². The summed E-state index contributed by atoms with van der Waals surface area (Å²) in [7, 11) is 1.63. The normalized spacial score (nSPS) is 21.3. The highest BCUT2D eigenvalue weighted by Crippen LogP contribution is 2.38. The zero-order valence-electron chi connectivity index (χ0n) is 13.2. The van der Waals surface area contributed by atoms with Crippen LogP contribution in [0, 0.1) is 5.92 Å². The fraction of sp³-hybridized carbons (Fsp3) is 0.316. The highest BCUT2D eigenvalue weighted by Gasteiger charge is 2.39. The minimum Gasteiger partial charge on any atom is -0.496 e. The molecule has 23 heavy (non-hydrogen) atoms. The topological polar surface area (TPSA) is 49.8 Å². The molecule has 1 fully saturated rings. The predicted octanol–water partition coefficient (Wildman–Crippen LogP) is 3.00. The van der Waals surface area contributed by atoms with E-state index < -0.39 is 11.9 Å². The molecule has 0 unspecified atom stereocenters. The lowest BCUT2D eigenvalue weighted by Crippen LogP contribution is -2.23. The van der Waals surface area contributed by atoms with Crippen LogP contribution < -0.4 is 4.74 Å². The number of hydrogen-bond acceptors (Lipinski definition) is 3. The Bertz CT molecular complexity index is 671. The van der Waals surface area contributed by atoms with Crippen molar-refractivity contribution >= 4 is 5.97 Å². The van der Waals surface area contributed by atoms with Gasteiger partial charge in [-0.2, -0.15) is 0 Å². The van der Waals surface area contributed by atoms with Crippen molar-refractivity contribution < 1.29 is 14.6 Å². The van der Waals surface area contributed by atoms with Gasteiger partial charge in [-0.3, -0.25) is 9.69 Å². The third-order valence-electron chi connectivity index (χ3n) is 4.50. The first-order chi connectivity index (χ1) is 11.2. The van der Waals surface area contributed by atoms with Crippen LogP contribution in [0.2, 0.25) is 0 Å². The van der Waals surface area contributed by atoms with Crippen molar-refractivity contribution in [2.45, 2.75) is 12.5 Å². The number of ether oxygens (including phenoxy) is 1. The second-order valence-electron chi connectivity index (χ2n) is 5.97. The van der Waals surface area contributed by atoms with Crippen molar-refractivity contribution in [2.24, 2.45) is 5.92 Å². The van der Waals surface area contributed by atoms with Crippen molar-refractivity contribution in [3.63, 3.8) is 0 Å². The average Bonchev–Trinajstić information content (AvgIpc) is 2.99. The summed E-state index contributed by atoms with van der Waals surface area (Å²) in [6.45, 7) is 2.06. The summed E-state index contributed by atoms with van der Waals surface area (Å²) in [4.78, 5) is 13.9. The second kappa shape index (κ2) is 6.84. The van der Waals surface area contributed by atoms with Crippen LogP contribution >= 0.6 is 0 Å². The van der Waals surface area contributed by atoms with E-state index in [0.717, 1.165) is 24.4 Å². The highest BCUT2D eigenvalue weighted by atomic mass is 16.5. The van der Waals surface area contributed by atoms with Gasteiger partial charge in [0.1, 0.15) is 5.75 Å². The monoisotopic (exact) mass is 311 g/mol. The smallest absolute Gasteiger partial charge is 0.308 e. The molecule has 4 heteroatoms. The number of aliphatic carboxylic acids is 1. The van der Waals surface area contributed by atoms with E-state index in [2.05, 4.69) is 17.0 Å². The Morgan fingerprint density at radius 1 is 1.13 bits per heavy atom. The number of rotatable bonds is 5.